The van der Waals surface area contributed by atoms with Crippen LogP contribution in [0.1, 0.15) is 0 Å². The molecule has 0 amide bonds. The Labute approximate surface area is 246 Å². The minimum Gasteiger partial charge on any atom is -0.442 e. The van der Waals surface area contributed by atoms with E-state index in [1.807, 2.05) is 66.9 Å². The van der Waals surface area contributed by atoms with Crippen molar-refractivity contribution in [2.45, 2.75) is 0 Å². The number of nitrogens with zero attached hydrogens (tertiary/aromatic N) is 6. The third kappa shape index (κ3) is 4.83. The standard InChI is InChI=1S/C18H12N3.C14H8N3S.Zn/c1-3-7-15-13(5-1)9-11-19-17(15)21-18-16-8-4-2-6-14(16)10-12-20-18;1-3-9(14-16-7-8-17-14)12-10(4-1)18-11-5-2-6-15-13(11)12;/h1-12H;1-8H;/q2*-1;+2. The Morgan fingerprint density at radius 3 is 2.25 bits per heavy atom. The molecule has 0 fully saturated rings. The second-order valence-corrected chi connectivity index (χ2v) is 9.92. The molecule has 0 saturated carbocycles. The predicted molar refractivity (Wildman–Crippen MR) is 158 cm³/mol. The molecular weight excluding hydrogens is 566 g/mol. The Morgan fingerprint density at radius 2 is 1.40 bits per heavy atom. The molecule has 0 aliphatic rings. The number of rotatable bonds is 2. The first-order valence-electron chi connectivity index (χ1n) is 12.4. The first kappa shape index (κ1) is 25.7. The van der Waals surface area contributed by atoms with Gasteiger partial charge in [0.25, 0.3) is 0 Å². The molecule has 8 heteroatoms. The van der Waals surface area contributed by atoms with Crippen molar-refractivity contribution in [2.75, 3.05) is 0 Å². The molecule has 0 spiro atoms. The minimum absolute atomic E-state index is 0. The van der Waals surface area contributed by atoms with Crippen molar-refractivity contribution in [3.63, 3.8) is 0 Å². The molecule has 186 valence electrons. The zero-order valence-electron chi connectivity index (χ0n) is 21.3. The van der Waals surface area contributed by atoms with Gasteiger partial charge in [-0.15, -0.1) is 11.3 Å². The van der Waals surface area contributed by atoms with E-state index in [4.69, 9.17) is 0 Å². The maximum Gasteiger partial charge on any atom is 2.00 e. The molecule has 8 aromatic rings. The molecule has 0 unspecified atom stereocenters. The van der Waals surface area contributed by atoms with Crippen LogP contribution in [0.3, 0.4) is 0 Å². The van der Waals surface area contributed by atoms with Crippen LogP contribution in [0.25, 0.3) is 53.2 Å². The van der Waals surface area contributed by atoms with Crippen LogP contribution in [0.2, 0.25) is 0 Å². The van der Waals surface area contributed by atoms with Gasteiger partial charge in [-0.1, -0.05) is 91.1 Å². The zero-order chi connectivity index (χ0) is 26.0. The van der Waals surface area contributed by atoms with Gasteiger partial charge in [0.1, 0.15) is 0 Å². The van der Waals surface area contributed by atoms with Gasteiger partial charge >= 0.3 is 19.5 Å². The van der Waals surface area contributed by atoms with E-state index in [1.165, 1.54) is 9.40 Å². The predicted octanol–water partition coefficient (Wildman–Crippen LogP) is 7.04. The van der Waals surface area contributed by atoms with E-state index in [0.717, 1.165) is 43.8 Å². The van der Waals surface area contributed by atoms with Crippen LogP contribution >= 0.6 is 11.3 Å². The molecule has 6 nitrogen and oxygen atoms in total. The molecule has 0 bridgehead atoms. The van der Waals surface area contributed by atoms with Crippen molar-refractivity contribution < 1.29 is 19.5 Å². The topological polar surface area (TPSA) is 79.2 Å². The third-order valence-electron chi connectivity index (χ3n) is 6.47. The van der Waals surface area contributed by atoms with Crippen molar-refractivity contribution in [3.05, 3.63) is 127 Å². The quantitative estimate of drug-likeness (QED) is 0.203. The Bertz CT molecular complexity index is 2140. The monoisotopic (exact) mass is 584 g/mol. The second kappa shape index (κ2) is 11.3. The van der Waals surface area contributed by atoms with Gasteiger partial charge in [-0.2, -0.15) is 0 Å². The van der Waals surface area contributed by atoms with Crippen LogP contribution in [0, 0.1) is 0 Å². The molecule has 0 aliphatic carbocycles. The Morgan fingerprint density at radius 1 is 0.600 bits per heavy atom. The van der Waals surface area contributed by atoms with Crippen molar-refractivity contribution in [3.8, 4) is 11.4 Å². The Balaban J connectivity index is 0.000000143. The second-order valence-electron chi connectivity index (χ2n) is 8.83. The smallest absolute Gasteiger partial charge is 0.442 e. The summed E-state index contributed by atoms with van der Waals surface area (Å²) in [6, 6.07) is 30.5. The van der Waals surface area contributed by atoms with Gasteiger partial charge in [0, 0.05) is 27.9 Å². The summed E-state index contributed by atoms with van der Waals surface area (Å²) in [4.78, 5) is 26.6. The van der Waals surface area contributed by atoms with Gasteiger partial charge in [-0.3, -0.25) is 9.97 Å². The zero-order valence-corrected chi connectivity index (χ0v) is 25.1. The van der Waals surface area contributed by atoms with Crippen LogP contribution in [0.5, 0.6) is 0 Å². The molecular formula is C32H20N6SZn. The van der Waals surface area contributed by atoms with Gasteiger partial charge in [0.15, 0.2) is 0 Å². The molecule has 40 heavy (non-hydrogen) atoms. The number of thiophene rings is 1. The number of aromatic nitrogens is 5. The van der Waals surface area contributed by atoms with Gasteiger partial charge < -0.3 is 19.9 Å². The maximum absolute atomic E-state index is 4.68. The van der Waals surface area contributed by atoms with Crippen LogP contribution in [0.4, 0.5) is 5.82 Å². The summed E-state index contributed by atoms with van der Waals surface area (Å²) < 4.78 is 2.43. The van der Waals surface area contributed by atoms with E-state index in [2.05, 4.69) is 60.2 Å². The number of pyridine rings is 3. The first-order chi connectivity index (χ1) is 19.3. The van der Waals surface area contributed by atoms with E-state index < -0.39 is 0 Å². The van der Waals surface area contributed by atoms with Crippen LogP contribution < -0.4 is 15.5 Å². The number of fused-ring (bicyclic) bond motifs is 5. The van der Waals surface area contributed by atoms with Crippen molar-refractivity contribution in [2.24, 2.45) is 4.99 Å². The van der Waals surface area contributed by atoms with E-state index in [1.54, 1.807) is 36.1 Å². The normalized spacial score (nSPS) is 11.4. The molecule has 5 heterocycles. The number of benzene rings is 3. The van der Waals surface area contributed by atoms with Crippen LogP contribution in [-0.2, 0) is 19.5 Å². The molecule has 0 N–H and O–H groups in total. The molecule has 0 saturated heterocycles. The van der Waals surface area contributed by atoms with Gasteiger partial charge in [0.05, 0.1) is 16.0 Å². The molecule has 8 rings (SSSR count). The fourth-order valence-corrected chi connectivity index (χ4v) is 5.78. The summed E-state index contributed by atoms with van der Waals surface area (Å²) in [6.07, 6.45) is 8.84. The largest absolute Gasteiger partial charge is 2.00 e. The molecule has 3 aromatic carbocycles. The molecule has 0 aliphatic heterocycles. The summed E-state index contributed by atoms with van der Waals surface area (Å²) in [5.41, 5.74) is 2.80. The van der Waals surface area contributed by atoms with E-state index in [-0.39, 0.29) is 19.5 Å². The summed E-state index contributed by atoms with van der Waals surface area (Å²) in [6.45, 7) is 0. The van der Waals surface area contributed by atoms with Crippen LogP contribution in [0.15, 0.2) is 127 Å². The maximum atomic E-state index is 4.68. The first-order valence-corrected chi connectivity index (χ1v) is 13.3. The summed E-state index contributed by atoms with van der Waals surface area (Å²) in [5.74, 6) is 1.47. The van der Waals surface area contributed by atoms with Gasteiger partial charge in [-0.25, -0.2) is 0 Å². The van der Waals surface area contributed by atoms with Crippen molar-refractivity contribution in [1.82, 2.24) is 24.9 Å². The van der Waals surface area contributed by atoms with E-state index in [9.17, 15) is 0 Å². The summed E-state index contributed by atoms with van der Waals surface area (Å²) in [7, 11) is 0. The van der Waals surface area contributed by atoms with Gasteiger partial charge in [0.2, 0.25) is 0 Å². The van der Waals surface area contributed by atoms with Crippen molar-refractivity contribution in [1.29, 1.82) is 0 Å². The Hall–Kier alpha value is -4.52. The fraction of sp³-hybridized carbons (Fsp3) is 0. The minimum atomic E-state index is 0. The Kier molecular flexibility index (Phi) is 7.28. The molecule has 0 atom stereocenters. The summed E-state index contributed by atoms with van der Waals surface area (Å²) >= 11 is 1.76. The van der Waals surface area contributed by atoms with Gasteiger partial charge in [-0.05, 0) is 51.5 Å². The SMILES string of the molecule is [Zn+2].c1ccc2c(N=c3[n-]ccc4ccccc34)nccc2c1.c1cnc2c(c1)sc1cccc(-c3ncc[n-]3)c12. The number of hydrogen-bond acceptors (Lipinski definition) is 5. The van der Waals surface area contributed by atoms with Crippen molar-refractivity contribution >= 4 is 59.0 Å². The fourth-order valence-electron chi connectivity index (χ4n) is 4.69. The van der Waals surface area contributed by atoms with Crippen LogP contribution in [-0.4, -0.2) is 15.0 Å². The van der Waals surface area contributed by atoms with E-state index >= 15 is 0 Å². The summed E-state index contributed by atoms with van der Waals surface area (Å²) in [5, 5.41) is 5.49. The van der Waals surface area contributed by atoms with E-state index in [0.29, 0.717) is 11.3 Å². The molecule has 5 aromatic heterocycles. The number of imidazole rings is 1. The third-order valence-corrected chi connectivity index (χ3v) is 7.58. The average Bonchev–Trinajstić information content (AvgIpc) is 3.67. The molecule has 0 radical (unpaired) electrons. The number of hydrogen-bond donors (Lipinski definition) is 0. The average molecular weight is 586 g/mol.